The number of hydrogen-bond acceptors (Lipinski definition) is 5. The summed E-state index contributed by atoms with van der Waals surface area (Å²) in [7, 11) is -0.0829. The van der Waals surface area contributed by atoms with E-state index in [-0.39, 0.29) is 10.9 Å². The molecule has 8 heteroatoms. The minimum absolute atomic E-state index is 0.0829. The fourth-order valence-electron chi connectivity index (χ4n) is 7.80. The van der Waals surface area contributed by atoms with E-state index in [0.29, 0.717) is 37.0 Å². The molecule has 5 aliphatic rings. The predicted octanol–water partition coefficient (Wildman–Crippen LogP) is 7.04. The summed E-state index contributed by atoms with van der Waals surface area (Å²) >= 11 is 0. The summed E-state index contributed by atoms with van der Waals surface area (Å²) in [6, 6.07) is 27.3. The molecule has 1 heterocycles. The highest BCUT2D eigenvalue weighted by Gasteiger charge is 2.57. The van der Waals surface area contributed by atoms with Crippen molar-refractivity contribution in [3.8, 4) is 11.5 Å². The van der Waals surface area contributed by atoms with Crippen molar-refractivity contribution in [1.29, 1.82) is 0 Å². The van der Waals surface area contributed by atoms with E-state index >= 15 is 0 Å². The minimum Gasteiger partial charge on any atom is -0.544 e. The molecule has 8 rings (SSSR count). The Morgan fingerprint density at radius 2 is 1.30 bits per heavy atom. The topological polar surface area (TPSA) is 75.7 Å². The SMILES string of the molecule is CC(C)C(OC(=O)C12CC3CC(CC(C3)C1)C2)C(F)(F)C(=O)[O-].c1ccc([S+]2c3ccccc3Oc3ccccc32)cc1. The molecule has 43 heavy (non-hydrogen) atoms. The summed E-state index contributed by atoms with van der Waals surface area (Å²) in [4.78, 5) is 27.3. The van der Waals surface area contributed by atoms with Gasteiger partial charge in [-0.25, -0.2) is 0 Å². The zero-order valence-corrected chi connectivity index (χ0v) is 25.2. The lowest BCUT2D eigenvalue weighted by atomic mass is 9.49. The maximum atomic E-state index is 13.9. The Balaban J connectivity index is 0.000000154. The summed E-state index contributed by atoms with van der Waals surface area (Å²) in [5.41, 5.74) is -0.677. The summed E-state index contributed by atoms with van der Waals surface area (Å²) < 4.78 is 38.9. The largest absolute Gasteiger partial charge is 0.544 e. The van der Waals surface area contributed by atoms with E-state index < -0.39 is 35.3 Å². The molecule has 0 radical (unpaired) electrons. The maximum absolute atomic E-state index is 13.9. The maximum Gasteiger partial charge on any atom is 0.323 e. The molecule has 4 fully saturated rings. The number of alkyl halides is 2. The van der Waals surface area contributed by atoms with Gasteiger partial charge in [0, 0.05) is 0 Å². The van der Waals surface area contributed by atoms with Gasteiger partial charge in [0.05, 0.1) is 5.41 Å². The lowest BCUT2D eigenvalue weighted by Gasteiger charge is -2.55. The van der Waals surface area contributed by atoms with Crippen LogP contribution in [0.1, 0.15) is 52.4 Å². The average Bonchev–Trinajstić information content (AvgIpc) is 2.98. The molecule has 0 aromatic heterocycles. The lowest BCUT2D eigenvalue weighted by Crippen LogP contribution is -2.56. The van der Waals surface area contributed by atoms with Crippen molar-refractivity contribution in [2.45, 2.75) is 79.1 Å². The van der Waals surface area contributed by atoms with Crippen LogP contribution in [0.15, 0.2) is 93.5 Å². The second-order valence-electron chi connectivity index (χ2n) is 12.8. The number of esters is 1. The van der Waals surface area contributed by atoms with Crippen LogP contribution in [-0.2, 0) is 25.2 Å². The molecular formula is C35H36F2O5S. The van der Waals surface area contributed by atoms with Gasteiger partial charge in [-0.3, -0.25) is 4.79 Å². The van der Waals surface area contributed by atoms with Gasteiger partial charge >= 0.3 is 11.9 Å². The molecule has 0 N–H and O–H groups in total. The quantitative estimate of drug-likeness (QED) is 0.174. The highest BCUT2D eigenvalue weighted by molar-refractivity contribution is 7.97. The number of carbonyl (C=O) groups is 2. The number of halogens is 2. The molecule has 226 valence electrons. The van der Waals surface area contributed by atoms with Crippen molar-refractivity contribution >= 4 is 22.8 Å². The second-order valence-corrected chi connectivity index (χ2v) is 14.8. The zero-order chi connectivity index (χ0) is 30.4. The van der Waals surface area contributed by atoms with Crippen molar-refractivity contribution in [3.05, 3.63) is 78.9 Å². The van der Waals surface area contributed by atoms with Crippen LogP contribution in [0.5, 0.6) is 11.5 Å². The van der Waals surface area contributed by atoms with Gasteiger partial charge in [0.15, 0.2) is 22.5 Å². The van der Waals surface area contributed by atoms with E-state index in [0.717, 1.165) is 30.8 Å². The van der Waals surface area contributed by atoms with Crippen LogP contribution >= 0.6 is 0 Å². The van der Waals surface area contributed by atoms with Gasteiger partial charge in [0.1, 0.15) is 16.9 Å². The lowest BCUT2D eigenvalue weighted by molar-refractivity contribution is -0.338. The first-order chi connectivity index (χ1) is 20.6. The first-order valence-corrected chi connectivity index (χ1v) is 16.3. The minimum atomic E-state index is -4.17. The molecule has 0 spiro atoms. The molecule has 4 aliphatic carbocycles. The third-order valence-electron chi connectivity index (χ3n) is 9.28. The number of aliphatic carboxylic acids is 1. The molecule has 1 aliphatic heterocycles. The Labute approximate surface area is 253 Å². The van der Waals surface area contributed by atoms with Crippen molar-refractivity contribution in [2.75, 3.05) is 0 Å². The van der Waals surface area contributed by atoms with Gasteiger partial charge in [0.25, 0.3) is 0 Å². The Hall–Kier alpha value is -3.39. The van der Waals surface area contributed by atoms with E-state index in [4.69, 9.17) is 9.47 Å². The smallest absolute Gasteiger partial charge is 0.323 e. The molecule has 0 saturated heterocycles. The molecule has 5 nitrogen and oxygen atoms in total. The predicted molar refractivity (Wildman–Crippen MR) is 157 cm³/mol. The normalized spacial score (nSPS) is 25.9. The van der Waals surface area contributed by atoms with E-state index in [1.807, 2.05) is 24.3 Å². The van der Waals surface area contributed by atoms with Crippen molar-refractivity contribution in [3.63, 3.8) is 0 Å². The van der Waals surface area contributed by atoms with Gasteiger partial charge in [-0.15, -0.1) is 0 Å². The summed E-state index contributed by atoms with van der Waals surface area (Å²) in [6.07, 6.45) is 3.46. The third-order valence-corrected chi connectivity index (χ3v) is 11.6. The van der Waals surface area contributed by atoms with E-state index in [2.05, 4.69) is 54.6 Å². The average molecular weight is 607 g/mol. The molecule has 4 saturated carbocycles. The summed E-state index contributed by atoms with van der Waals surface area (Å²) in [6.45, 7) is 2.85. The van der Waals surface area contributed by atoms with Gasteiger partial charge in [-0.05, 0) is 98.6 Å². The van der Waals surface area contributed by atoms with Gasteiger partial charge in [-0.1, -0.05) is 56.3 Å². The number of carbonyl (C=O) groups excluding carboxylic acids is 2. The fourth-order valence-corrected chi connectivity index (χ4v) is 10.0. The molecule has 1 unspecified atom stereocenters. The zero-order valence-electron chi connectivity index (χ0n) is 24.3. The van der Waals surface area contributed by atoms with E-state index in [9.17, 15) is 23.5 Å². The van der Waals surface area contributed by atoms with Crippen molar-refractivity contribution in [2.24, 2.45) is 29.1 Å². The van der Waals surface area contributed by atoms with Crippen LogP contribution in [0.4, 0.5) is 8.78 Å². The highest BCUT2D eigenvalue weighted by Crippen LogP contribution is 2.60. The number of fused-ring (bicyclic) bond motifs is 2. The first kappa shape index (κ1) is 29.7. The summed E-state index contributed by atoms with van der Waals surface area (Å²) in [5.74, 6) is -4.72. The Kier molecular flexibility index (Phi) is 8.01. The number of hydrogen-bond donors (Lipinski definition) is 0. The molecule has 1 atom stereocenters. The van der Waals surface area contributed by atoms with Gasteiger partial charge in [-0.2, -0.15) is 8.78 Å². The third kappa shape index (κ3) is 5.66. The molecule has 0 amide bonds. The molecular weight excluding hydrogens is 570 g/mol. The number of para-hydroxylation sites is 2. The van der Waals surface area contributed by atoms with Crippen molar-refractivity contribution < 1.29 is 33.0 Å². The monoisotopic (exact) mass is 606 g/mol. The second kappa shape index (κ2) is 11.6. The summed E-state index contributed by atoms with van der Waals surface area (Å²) in [5, 5.41) is 10.7. The molecule has 4 bridgehead atoms. The number of rotatable bonds is 6. The standard InChI is InChI=1S/C18H13OS.C17H24F2O4/c1-2-8-14(9-3-1)20-17-12-6-4-10-15(17)19-16-11-5-7-13-18(16)20;1-9(2)13(17(18,19)14(20)21)23-15(22)16-6-10-3-11(7-16)5-12(4-10)8-16/h1-13H;9-13H,3-8H2,1-2H3,(H,20,21)/q+1;/p-1. The first-order valence-electron chi connectivity index (χ1n) is 15.0. The van der Waals surface area contributed by atoms with Crippen LogP contribution in [0.3, 0.4) is 0 Å². The Morgan fingerprint density at radius 3 is 1.77 bits per heavy atom. The number of carboxylic acids is 1. The van der Waals surface area contributed by atoms with Gasteiger partial charge in [0.2, 0.25) is 9.79 Å². The number of carboxylic acid groups (broad SMARTS) is 1. The Bertz CT molecular complexity index is 1410. The van der Waals surface area contributed by atoms with Crippen LogP contribution in [-0.4, -0.2) is 24.0 Å². The van der Waals surface area contributed by atoms with Gasteiger partial charge < -0.3 is 19.4 Å². The van der Waals surface area contributed by atoms with E-state index in [1.54, 1.807) is 0 Å². The Morgan fingerprint density at radius 1 is 0.837 bits per heavy atom. The van der Waals surface area contributed by atoms with Crippen LogP contribution in [0.25, 0.3) is 0 Å². The van der Waals surface area contributed by atoms with Crippen LogP contribution in [0, 0.1) is 29.1 Å². The molecule has 3 aromatic carbocycles. The van der Waals surface area contributed by atoms with Crippen LogP contribution in [0.2, 0.25) is 0 Å². The number of benzene rings is 3. The van der Waals surface area contributed by atoms with Crippen LogP contribution < -0.4 is 9.84 Å². The van der Waals surface area contributed by atoms with E-state index in [1.165, 1.54) is 28.5 Å². The highest BCUT2D eigenvalue weighted by atomic mass is 32.2. The number of ether oxygens (including phenoxy) is 2. The van der Waals surface area contributed by atoms with Crippen molar-refractivity contribution in [1.82, 2.24) is 0 Å². The molecule has 3 aromatic rings. The fraction of sp³-hybridized carbons (Fsp3) is 0.429.